The van der Waals surface area contributed by atoms with Crippen LogP contribution in [0.2, 0.25) is 0 Å². The molecule has 3 aromatic carbocycles. The van der Waals surface area contributed by atoms with Gasteiger partial charge in [-0.15, -0.1) is 0 Å². The van der Waals surface area contributed by atoms with Crippen molar-refractivity contribution in [1.82, 2.24) is 0 Å². The van der Waals surface area contributed by atoms with Crippen LogP contribution in [0.5, 0.6) is 5.75 Å². The van der Waals surface area contributed by atoms with E-state index in [1.165, 1.54) is 26.4 Å². The number of nitrogens with one attached hydrogen (secondary N) is 2. The molecule has 188 valence electrons. The zero-order chi connectivity index (χ0) is 26.7. The lowest BCUT2D eigenvalue weighted by molar-refractivity contribution is -0.120. The summed E-state index contributed by atoms with van der Waals surface area (Å²) in [5.74, 6) is -2.00. The van der Waals surface area contributed by atoms with Gasteiger partial charge < -0.3 is 20.1 Å². The number of methoxy groups -OCH3 is 2. The number of rotatable bonds is 7. The summed E-state index contributed by atoms with van der Waals surface area (Å²) in [5, 5.41) is 5.29. The van der Waals surface area contributed by atoms with Crippen molar-refractivity contribution in [3.63, 3.8) is 0 Å². The number of halogens is 1. The van der Waals surface area contributed by atoms with Gasteiger partial charge in [-0.3, -0.25) is 14.4 Å². The molecule has 0 unspecified atom stereocenters. The molecule has 3 amide bonds. The van der Waals surface area contributed by atoms with Crippen LogP contribution in [0.3, 0.4) is 0 Å². The average molecular weight is 520 g/mol. The maximum Gasteiger partial charge on any atom is 0.337 e. The predicted octanol–water partition coefficient (Wildman–Crippen LogP) is 4.48. The van der Waals surface area contributed by atoms with Crippen molar-refractivity contribution in [3.8, 4) is 5.75 Å². The van der Waals surface area contributed by atoms with Crippen molar-refractivity contribution in [2.24, 2.45) is 0 Å². The molecule has 4 rings (SSSR count). The van der Waals surface area contributed by atoms with Crippen molar-refractivity contribution >= 4 is 52.4 Å². The van der Waals surface area contributed by atoms with Crippen LogP contribution in [-0.4, -0.2) is 37.9 Å². The van der Waals surface area contributed by atoms with E-state index >= 15 is 0 Å². The topological polar surface area (TPSA) is 114 Å². The fraction of sp³-hybridized carbons (Fsp3) is 0.111. The van der Waals surface area contributed by atoms with Crippen molar-refractivity contribution in [1.29, 1.82) is 0 Å². The van der Waals surface area contributed by atoms with Crippen molar-refractivity contribution < 1.29 is 28.7 Å². The van der Waals surface area contributed by atoms with E-state index in [9.17, 15) is 19.2 Å². The molecular formula is C27H22ClN3O6. The van der Waals surface area contributed by atoms with E-state index in [0.717, 1.165) is 10.5 Å². The first-order valence-electron chi connectivity index (χ1n) is 11.0. The molecule has 0 fully saturated rings. The number of anilines is 3. The number of ether oxygens (including phenoxy) is 2. The molecule has 37 heavy (non-hydrogen) atoms. The standard InChI is InChI=1S/C27H22ClN3O6/c1-15-10-11-21(36-2)20(12-15)31-25(33)22(28)23(26(31)34)29-18-8-4-6-16(13-18)24(32)30-19-9-5-7-17(14-19)27(35)37-3/h4-14,29H,1-3H3,(H,30,32). The Balaban J connectivity index is 1.55. The lowest BCUT2D eigenvalue weighted by Gasteiger charge is -2.18. The number of benzene rings is 3. The van der Waals surface area contributed by atoms with Crippen molar-refractivity contribution in [3.05, 3.63) is 94.1 Å². The highest BCUT2D eigenvalue weighted by molar-refractivity contribution is 6.53. The van der Waals surface area contributed by atoms with Gasteiger partial charge in [-0.1, -0.05) is 29.8 Å². The second kappa shape index (κ2) is 10.5. The summed E-state index contributed by atoms with van der Waals surface area (Å²) in [4.78, 5) is 51.6. The molecule has 0 aliphatic carbocycles. The molecule has 3 aromatic rings. The summed E-state index contributed by atoms with van der Waals surface area (Å²) in [6.45, 7) is 1.82. The highest BCUT2D eigenvalue weighted by Crippen LogP contribution is 2.36. The Morgan fingerprint density at radius 2 is 1.54 bits per heavy atom. The molecule has 9 nitrogen and oxygen atoms in total. The molecule has 1 aliphatic rings. The van der Waals surface area contributed by atoms with E-state index in [4.69, 9.17) is 21.1 Å². The van der Waals surface area contributed by atoms with E-state index in [1.54, 1.807) is 54.6 Å². The minimum absolute atomic E-state index is 0.126. The van der Waals surface area contributed by atoms with E-state index in [2.05, 4.69) is 10.6 Å². The fourth-order valence-corrected chi connectivity index (χ4v) is 3.95. The number of amides is 3. The number of nitrogens with zero attached hydrogens (tertiary/aromatic N) is 1. The quantitative estimate of drug-likeness (QED) is 0.349. The molecule has 1 heterocycles. The normalized spacial score (nSPS) is 13.0. The van der Waals surface area contributed by atoms with Crippen LogP contribution in [0.4, 0.5) is 17.1 Å². The molecule has 0 aromatic heterocycles. The van der Waals surface area contributed by atoms with E-state index in [1.807, 2.05) is 6.92 Å². The molecule has 0 saturated carbocycles. The van der Waals surface area contributed by atoms with E-state index < -0.39 is 23.7 Å². The van der Waals surface area contributed by atoms with Crippen LogP contribution in [0.25, 0.3) is 0 Å². The Kier molecular flexibility index (Phi) is 7.26. The monoisotopic (exact) mass is 519 g/mol. The van der Waals surface area contributed by atoms with Gasteiger partial charge in [0.1, 0.15) is 16.5 Å². The van der Waals surface area contributed by atoms with Crippen LogP contribution in [0.1, 0.15) is 26.3 Å². The third-order valence-corrected chi connectivity index (χ3v) is 5.89. The van der Waals surface area contributed by atoms with Gasteiger partial charge in [-0.25, -0.2) is 9.69 Å². The summed E-state index contributed by atoms with van der Waals surface area (Å²) in [6.07, 6.45) is 0. The van der Waals surface area contributed by atoms with Crippen LogP contribution in [0, 0.1) is 6.92 Å². The minimum atomic E-state index is -0.697. The van der Waals surface area contributed by atoms with Crippen LogP contribution < -0.4 is 20.3 Å². The molecule has 0 saturated heterocycles. The summed E-state index contributed by atoms with van der Waals surface area (Å²) >= 11 is 6.26. The Hall–Kier alpha value is -4.63. The van der Waals surface area contributed by atoms with Gasteiger partial charge >= 0.3 is 5.97 Å². The Labute approximate surface area is 217 Å². The first-order valence-corrected chi connectivity index (χ1v) is 11.4. The van der Waals surface area contributed by atoms with Gasteiger partial charge in [0, 0.05) is 16.9 Å². The van der Waals surface area contributed by atoms with Gasteiger partial charge in [-0.2, -0.15) is 0 Å². The lowest BCUT2D eigenvalue weighted by atomic mass is 10.1. The number of imide groups is 1. The number of carbonyl (C=O) groups is 4. The van der Waals surface area contributed by atoms with Crippen molar-refractivity contribution in [2.45, 2.75) is 6.92 Å². The largest absolute Gasteiger partial charge is 0.495 e. The van der Waals surface area contributed by atoms with E-state index in [0.29, 0.717) is 17.1 Å². The molecule has 0 radical (unpaired) electrons. The molecular weight excluding hydrogens is 498 g/mol. The van der Waals surface area contributed by atoms with Crippen LogP contribution >= 0.6 is 11.6 Å². The van der Waals surface area contributed by atoms with Gasteiger partial charge in [0.2, 0.25) is 0 Å². The molecule has 2 N–H and O–H groups in total. The van der Waals surface area contributed by atoms with Crippen LogP contribution in [0.15, 0.2) is 77.5 Å². The van der Waals surface area contributed by atoms with Gasteiger partial charge in [0.25, 0.3) is 17.7 Å². The predicted molar refractivity (Wildman–Crippen MR) is 139 cm³/mol. The van der Waals surface area contributed by atoms with Gasteiger partial charge in [-0.05, 0) is 61.0 Å². The first kappa shape index (κ1) is 25.5. The molecule has 0 spiro atoms. The molecule has 0 atom stereocenters. The number of hydrogen-bond donors (Lipinski definition) is 2. The number of hydrogen-bond acceptors (Lipinski definition) is 7. The highest BCUT2D eigenvalue weighted by Gasteiger charge is 2.40. The average Bonchev–Trinajstić information content (AvgIpc) is 3.11. The zero-order valence-electron chi connectivity index (χ0n) is 20.1. The SMILES string of the molecule is COC(=O)c1cccc(NC(=O)c2cccc(NC3=C(Cl)C(=O)N(c4cc(C)ccc4OC)C3=O)c2)c1. The third-order valence-electron chi connectivity index (χ3n) is 5.54. The fourth-order valence-electron chi connectivity index (χ4n) is 3.73. The first-order chi connectivity index (χ1) is 17.7. The summed E-state index contributed by atoms with van der Waals surface area (Å²) in [7, 11) is 2.71. The smallest absolute Gasteiger partial charge is 0.337 e. The number of aryl methyl sites for hydroxylation is 1. The number of carbonyl (C=O) groups excluding carboxylic acids is 4. The summed E-state index contributed by atoms with van der Waals surface area (Å²) < 4.78 is 10.0. The minimum Gasteiger partial charge on any atom is -0.495 e. The Morgan fingerprint density at radius 3 is 2.24 bits per heavy atom. The van der Waals surface area contributed by atoms with Gasteiger partial charge in [0.15, 0.2) is 0 Å². The summed E-state index contributed by atoms with van der Waals surface area (Å²) in [6, 6.07) is 17.7. The second-order valence-electron chi connectivity index (χ2n) is 8.04. The van der Waals surface area contributed by atoms with Crippen molar-refractivity contribution in [2.75, 3.05) is 29.8 Å². The molecule has 0 bridgehead atoms. The zero-order valence-corrected chi connectivity index (χ0v) is 20.9. The third kappa shape index (κ3) is 5.17. The maximum absolute atomic E-state index is 13.2. The van der Waals surface area contributed by atoms with Crippen LogP contribution in [-0.2, 0) is 14.3 Å². The summed E-state index contributed by atoms with van der Waals surface area (Å²) in [5.41, 5.74) is 2.29. The lowest BCUT2D eigenvalue weighted by Crippen LogP contribution is -2.32. The number of esters is 1. The molecule has 1 aliphatic heterocycles. The Morgan fingerprint density at radius 1 is 0.865 bits per heavy atom. The van der Waals surface area contributed by atoms with E-state index in [-0.39, 0.29) is 27.5 Å². The second-order valence-corrected chi connectivity index (χ2v) is 8.42. The Bertz CT molecular complexity index is 1470. The molecule has 10 heteroatoms. The maximum atomic E-state index is 13.2. The highest BCUT2D eigenvalue weighted by atomic mass is 35.5. The van der Waals surface area contributed by atoms with Gasteiger partial charge in [0.05, 0.1) is 25.5 Å².